The molecule has 3 heterocycles. The lowest BCUT2D eigenvalue weighted by atomic mass is 9.84. The van der Waals surface area contributed by atoms with Crippen LogP contribution < -0.4 is 5.32 Å². The first kappa shape index (κ1) is 22.6. The van der Waals surface area contributed by atoms with Crippen LogP contribution in [0.2, 0.25) is 0 Å². The maximum Gasteiger partial charge on any atom is 0.150 e. The molecule has 2 aromatic carbocycles. The molecule has 5 nitrogen and oxygen atoms in total. The smallest absolute Gasteiger partial charge is 0.150 e. The molecular weight excluding hydrogens is 420 g/mol. The molecule has 1 saturated heterocycles. The molecule has 1 N–H and O–H groups in total. The van der Waals surface area contributed by atoms with Crippen LogP contribution in [0, 0.1) is 13.8 Å². The number of anilines is 1. The SMILES string of the molecule is Cc1cccc(-n2cc(-c3cc(C)cc(C(C)(C)C)c3)c3c(NC4CCOCC4)ncnc32)c1. The van der Waals surface area contributed by atoms with Crippen LogP contribution in [0.4, 0.5) is 5.82 Å². The second kappa shape index (κ2) is 8.88. The predicted molar refractivity (Wildman–Crippen MR) is 140 cm³/mol. The Hall–Kier alpha value is -3.18. The van der Waals surface area contributed by atoms with Crippen LogP contribution in [-0.4, -0.2) is 33.8 Å². The summed E-state index contributed by atoms with van der Waals surface area (Å²) >= 11 is 0. The molecule has 176 valence electrons. The Balaban J connectivity index is 1.74. The third-order valence-corrected chi connectivity index (χ3v) is 6.68. The fraction of sp³-hybridized carbons (Fsp3) is 0.379. The first-order valence-corrected chi connectivity index (χ1v) is 12.2. The fourth-order valence-corrected chi connectivity index (χ4v) is 4.77. The highest BCUT2D eigenvalue weighted by atomic mass is 16.5. The fourth-order valence-electron chi connectivity index (χ4n) is 4.77. The van der Waals surface area contributed by atoms with Crippen molar-refractivity contribution < 1.29 is 4.74 Å². The maximum absolute atomic E-state index is 5.57. The van der Waals surface area contributed by atoms with Crippen LogP contribution >= 0.6 is 0 Å². The molecule has 2 aromatic heterocycles. The molecule has 0 aliphatic carbocycles. The molecule has 0 unspecified atom stereocenters. The van der Waals surface area contributed by atoms with E-state index in [4.69, 9.17) is 14.7 Å². The maximum atomic E-state index is 5.57. The van der Waals surface area contributed by atoms with Crippen LogP contribution in [0.5, 0.6) is 0 Å². The highest BCUT2D eigenvalue weighted by Gasteiger charge is 2.22. The normalized spacial score (nSPS) is 15.1. The van der Waals surface area contributed by atoms with E-state index in [2.05, 4.69) is 93.2 Å². The van der Waals surface area contributed by atoms with E-state index < -0.39 is 0 Å². The van der Waals surface area contributed by atoms with Crippen molar-refractivity contribution in [1.29, 1.82) is 0 Å². The highest BCUT2D eigenvalue weighted by molar-refractivity contribution is 6.02. The molecule has 0 atom stereocenters. The van der Waals surface area contributed by atoms with E-state index in [0.29, 0.717) is 6.04 Å². The molecule has 1 aliphatic heterocycles. The highest BCUT2D eigenvalue weighted by Crippen LogP contribution is 2.38. The van der Waals surface area contributed by atoms with E-state index in [0.717, 1.165) is 54.2 Å². The minimum atomic E-state index is 0.0648. The number of benzene rings is 2. The zero-order valence-electron chi connectivity index (χ0n) is 20.9. The van der Waals surface area contributed by atoms with Crippen molar-refractivity contribution in [3.05, 3.63) is 71.7 Å². The molecular formula is C29H34N4O. The number of ether oxygens (including phenoxy) is 1. The first-order valence-electron chi connectivity index (χ1n) is 12.2. The van der Waals surface area contributed by atoms with E-state index >= 15 is 0 Å². The van der Waals surface area contributed by atoms with Crippen LogP contribution in [0.15, 0.2) is 55.0 Å². The number of hydrogen-bond acceptors (Lipinski definition) is 4. The van der Waals surface area contributed by atoms with Gasteiger partial charge in [-0.05, 0) is 60.9 Å². The Morgan fingerprint density at radius 2 is 1.76 bits per heavy atom. The van der Waals surface area contributed by atoms with Gasteiger partial charge >= 0.3 is 0 Å². The summed E-state index contributed by atoms with van der Waals surface area (Å²) in [7, 11) is 0. The Labute approximate surface area is 202 Å². The zero-order valence-corrected chi connectivity index (χ0v) is 20.9. The first-order chi connectivity index (χ1) is 16.3. The van der Waals surface area contributed by atoms with Crippen molar-refractivity contribution >= 4 is 16.9 Å². The molecule has 0 spiro atoms. The average molecular weight is 455 g/mol. The summed E-state index contributed by atoms with van der Waals surface area (Å²) in [6.45, 7) is 12.7. The van der Waals surface area contributed by atoms with Crippen LogP contribution in [0.1, 0.15) is 50.3 Å². The van der Waals surface area contributed by atoms with Crippen LogP contribution in [-0.2, 0) is 10.2 Å². The largest absolute Gasteiger partial charge is 0.381 e. The topological polar surface area (TPSA) is 52.0 Å². The Bertz CT molecular complexity index is 1330. The summed E-state index contributed by atoms with van der Waals surface area (Å²) < 4.78 is 7.77. The van der Waals surface area contributed by atoms with E-state index in [1.54, 1.807) is 6.33 Å². The standard InChI is InChI=1S/C29H34N4O/c1-19-7-6-8-24(15-19)33-17-25(21-13-20(2)14-22(16-21)29(3,4)5)26-27(30-18-31-28(26)33)32-23-9-11-34-12-10-23/h6-8,13-18,23H,9-12H2,1-5H3,(H,30,31,32). The Morgan fingerprint density at radius 1 is 0.971 bits per heavy atom. The van der Waals surface area contributed by atoms with Crippen LogP contribution in [0.3, 0.4) is 0 Å². The summed E-state index contributed by atoms with van der Waals surface area (Å²) in [6, 6.07) is 15.8. The number of hydrogen-bond donors (Lipinski definition) is 1. The van der Waals surface area contributed by atoms with Crippen molar-refractivity contribution in [1.82, 2.24) is 14.5 Å². The Morgan fingerprint density at radius 3 is 2.50 bits per heavy atom. The van der Waals surface area contributed by atoms with E-state index in [9.17, 15) is 0 Å². The molecule has 0 amide bonds. The molecule has 0 bridgehead atoms. The summed E-state index contributed by atoms with van der Waals surface area (Å²) in [5.74, 6) is 0.900. The zero-order chi connectivity index (χ0) is 23.9. The van der Waals surface area contributed by atoms with Crippen molar-refractivity contribution in [2.24, 2.45) is 0 Å². The minimum absolute atomic E-state index is 0.0648. The predicted octanol–water partition coefficient (Wildman–Crippen LogP) is 6.59. The van der Waals surface area contributed by atoms with E-state index in [1.165, 1.54) is 22.3 Å². The van der Waals surface area contributed by atoms with Gasteiger partial charge in [0.15, 0.2) is 5.65 Å². The van der Waals surface area contributed by atoms with E-state index in [1.807, 2.05) is 0 Å². The van der Waals surface area contributed by atoms with Gasteiger partial charge in [-0.3, -0.25) is 0 Å². The van der Waals surface area contributed by atoms with Gasteiger partial charge in [0.1, 0.15) is 12.1 Å². The minimum Gasteiger partial charge on any atom is -0.381 e. The Kier molecular flexibility index (Phi) is 5.90. The molecule has 0 saturated carbocycles. The summed E-state index contributed by atoms with van der Waals surface area (Å²) in [6.07, 6.45) is 5.87. The molecule has 1 aliphatic rings. The lowest BCUT2D eigenvalue weighted by molar-refractivity contribution is 0.0904. The van der Waals surface area contributed by atoms with Gasteiger partial charge in [-0.1, -0.05) is 56.7 Å². The summed E-state index contributed by atoms with van der Waals surface area (Å²) in [5, 5.41) is 4.80. The van der Waals surface area contributed by atoms with Crippen molar-refractivity contribution in [2.75, 3.05) is 18.5 Å². The number of aromatic nitrogens is 3. The second-order valence-corrected chi connectivity index (χ2v) is 10.5. The molecule has 34 heavy (non-hydrogen) atoms. The van der Waals surface area contributed by atoms with Crippen molar-refractivity contribution in [2.45, 2.75) is 58.9 Å². The lowest BCUT2D eigenvalue weighted by Crippen LogP contribution is -2.28. The molecule has 4 aromatic rings. The van der Waals surface area contributed by atoms with E-state index in [-0.39, 0.29) is 5.41 Å². The second-order valence-electron chi connectivity index (χ2n) is 10.5. The van der Waals surface area contributed by atoms with Gasteiger partial charge in [0.2, 0.25) is 0 Å². The van der Waals surface area contributed by atoms with Gasteiger partial charge in [0.25, 0.3) is 0 Å². The van der Waals surface area contributed by atoms with Crippen LogP contribution in [0.25, 0.3) is 27.8 Å². The molecule has 1 fully saturated rings. The molecule has 0 radical (unpaired) electrons. The quantitative estimate of drug-likeness (QED) is 0.378. The van der Waals surface area contributed by atoms with Crippen molar-refractivity contribution in [3.8, 4) is 16.8 Å². The monoisotopic (exact) mass is 454 g/mol. The van der Waals surface area contributed by atoms with Crippen molar-refractivity contribution in [3.63, 3.8) is 0 Å². The van der Waals surface area contributed by atoms with Gasteiger partial charge in [-0.25, -0.2) is 9.97 Å². The summed E-state index contributed by atoms with van der Waals surface area (Å²) in [4.78, 5) is 9.50. The number of nitrogens with zero attached hydrogens (tertiary/aromatic N) is 3. The third kappa shape index (κ3) is 4.45. The van der Waals surface area contributed by atoms with Gasteiger partial charge in [-0.2, -0.15) is 0 Å². The third-order valence-electron chi connectivity index (χ3n) is 6.68. The lowest BCUT2D eigenvalue weighted by Gasteiger charge is -2.24. The van der Waals surface area contributed by atoms with Gasteiger partial charge in [0, 0.05) is 36.7 Å². The molecule has 5 heteroatoms. The van der Waals surface area contributed by atoms with Gasteiger partial charge in [0.05, 0.1) is 5.39 Å². The number of aryl methyl sites for hydroxylation is 2. The number of fused-ring (bicyclic) bond motifs is 1. The number of nitrogens with one attached hydrogen (secondary N) is 1. The number of rotatable bonds is 4. The summed E-state index contributed by atoms with van der Waals surface area (Å²) in [5.41, 5.74) is 8.26. The molecule has 5 rings (SSSR count). The average Bonchev–Trinajstić information content (AvgIpc) is 3.20. The van der Waals surface area contributed by atoms with Gasteiger partial charge < -0.3 is 14.6 Å². The van der Waals surface area contributed by atoms with Gasteiger partial charge in [-0.15, -0.1) is 0 Å².